The SMILES string of the molecule is CCCC(CN=C(NCC)NCCN1CCOCC1)NC(=O)OC(C)(C)C. The third kappa shape index (κ3) is 11.7. The highest BCUT2D eigenvalue weighted by molar-refractivity contribution is 5.79. The Labute approximate surface area is 164 Å². The fourth-order valence-corrected chi connectivity index (χ4v) is 2.73. The molecular formula is C19H39N5O3. The molecule has 0 bridgehead atoms. The summed E-state index contributed by atoms with van der Waals surface area (Å²) in [6.45, 7) is 16.4. The van der Waals surface area contributed by atoms with Gasteiger partial charge in [-0.15, -0.1) is 0 Å². The summed E-state index contributed by atoms with van der Waals surface area (Å²) in [5, 5.41) is 9.56. The molecule has 0 aliphatic carbocycles. The van der Waals surface area contributed by atoms with Crippen molar-refractivity contribution < 1.29 is 14.3 Å². The Morgan fingerprint density at radius 2 is 1.93 bits per heavy atom. The topological polar surface area (TPSA) is 87.2 Å². The van der Waals surface area contributed by atoms with Crippen molar-refractivity contribution in [3.8, 4) is 0 Å². The smallest absolute Gasteiger partial charge is 0.407 e. The molecule has 1 rings (SSSR count). The Morgan fingerprint density at radius 3 is 2.52 bits per heavy atom. The molecule has 1 saturated heterocycles. The van der Waals surface area contributed by atoms with E-state index in [0.29, 0.717) is 6.54 Å². The molecule has 0 saturated carbocycles. The van der Waals surface area contributed by atoms with Crippen LogP contribution in [0.5, 0.6) is 0 Å². The summed E-state index contributed by atoms with van der Waals surface area (Å²) in [5.41, 5.74) is -0.500. The molecule has 1 aliphatic rings. The number of hydrogen-bond donors (Lipinski definition) is 3. The van der Waals surface area contributed by atoms with E-state index in [1.165, 1.54) is 0 Å². The van der Waals surface area contributed by atoms with Gasteiger partial charge >= 0.3 is 6.09 Å². The fraction of sp³-hybridized carbons (Fsp3) is 0.895. The maximum Gasteiger partial charge on any atom is 0.407 e. The minimum absolute atomic E-state index is 0.0421. The lowest BCUT2D eigenvalue weighted by Gasteiger charge is -2.27. The summed E-state index contributed by atoms with van der Waals surface area (Å²) in [6, 6.07) is -0.0421. The van der Waals surface area contributed by atoms with Crippen molar-refractivity contribution in [2.45, 2.75) is 59.1 Å². The number of carbonyl (C=O) groups excluding carboxylic acids is 1. The van der Waals surface area contributed by atoms with Gasteiger partial charge < -0.3 is 25.4 Å². The quantitative estimate of drug-likeness (QED) is 0.412. The summed E-state index contributed by atoms with van der Waals surface area (Å²) in [7, 11) is 0. The van der Waals surface area contributed by atoms with E-state index >= 15 is 0 Å². The first kappa shape index (κ1) is 23.5. The van der Waals surface area contributed by atoms with Crippen LogP contribution in [0, 0.1) is 0 Å². The van der Waals surface area contributed by atoms with E-state index in [2.05, 4.69) is 32.8 Å². The van der Waals surface area contributed by atoms with Crippen molar-refractivity contribution in [3.05, 3.63) is 0 Å². The highest BCUT2D eigenvalue weighted by atomic mass is 16.6. The predicted molar refractivity (Wildman–Crippen MR) is 109 cm³/mol. The van der Waals surface area contributed by atoms with Crippen LogP contribution in [0.1, 0.15) is 47.5 Å². The molecule has 8 heteroatoms. The molecule has 0 spiro atoms. The number of alkyl carbamates (subject to hydrolysis) is 1. The van der Waals surface area contributed by atoms with E-state index in [0.717, 1.165) is 64.7 Å². The molecule has 0 aromatic carbocycles. The van der Waals surface area contributed by atoms with E-state index in [-0.39, 0.29) is 12.1 Å². The van der Waals surface area contributed by atoms with Gasteiger partial charge in [-0.2, -0.15) is 0 Å². The lowest BCUT2D eigenvalue weighted by Crippen LogP contribution is -2.45. The minimum atomic E-state index is -0.500. The molecule has 1 amide bonds. The number of morpholine rings is 1. The Balaban J connectivity index is 2.48. The second kappa shape index (κ2) is 12.8. The number of carbonyl (C=O) groups is 1. The summed E-state index contributed by atoms with van der Waals surface area (Å²) in [5.74, 6) is 0.776. The van der Waals surface area contributed by atoms with Crippen LogP contribution in [0.4, 0.5) is 4.79 Å². The lowest BCUT2D eigenvalue weighted by molar-refractivity contribution is 0.0389. The Hall–Kier alpha value is -1.54. The van der Waals surface area contributed by atoms with Crippen LogP contribution in [-0.4, -0.2) is 81.1 Å². The number of nitrogens with zero attached hydrogens (tertiary/aromatic N) is 2. The van der Waals surface area contributed by atoms with Crippen LogP contribution in [0.25, 0.3) is 0 Å². The second-order valence-electron chi connectivity index (χ2n) is 7.73. The van der Waals surface area contributed by atoms with Crippen LogP contribution in [0.3, 0.4) is 0 Å². The molecule has 27 heavy (non-hydrogen) atoms. The molecular weight excluding hydrogens is 346 g/mol. The number of guanidine groups is 1. The summed E-state index contributed by atoms with van der Waals surface area (Å²) < 4.78 is 10.7. The average Bonchev–Trinajstić information content (AvgIpc) is 2.59. The molecule has 1 atom stereocenters. The third-order valence-corrected chi connectivity index (χ3v) is 4.00. The van der Waals surface area contributed by atoms with Gasteiger partial charge in [0.2, 0.25) is 0 Å². The zero-order chi connectivity index (χ0) is 20.1. The van der Waals surface area contributed by atoms with Crippen LogP contribution < -0.4 is 16.0 Å². The van der Waals surface area contributed by atoms with Crippen molar-refractivity contribution in [3.63, 3.8) is 0 Å². The maximum absolute atomic E-state index is 12.0. The molecule has 1 heterocycles. The van der Waals surface area contributed by atoms with E-state index < -0.39 is 5.60 Å². The van der Waals surface area contributed by atoms with Gasteiger partial charge in [-0.05, 0) is 34.1 Å². The highest BCUT2D eigenvalue weighted by Crippen LogP contribution is 2.07. The minimum Gasteiger partial charge on any atom is -0.444 e. The van der Waals surface area contributed by atoms with Crippen LogP contribution in [0.2, 0.25) is 0 Å². The van der Waals surface area contributed by atoms with Gasteiger partial charge in [0, 0.05) is 32.7 Å². The van der Waals surface area contributed by atoms with Crippen molar-refractivity contribution >= 4 is 12.1 Å². The molecule has 1 unspecified atom stereocenters. The van der Waals surface area contributed by atoms with Crippen molar-refractivity contribution in [1.82, 2.24) is 20.9 Å². The lowest BCUT2D eigenvalue weighted by atomic mass is 10.1. The van der Waals surface area contributed by atoms with Gasteiger partial charge in [-0.1, -0.05) is 13.3 Å². The number of aliphatic imine (C=N–C) groups is 1. The molecule has 0 radical (unpaired) electrons. The Bertz CT molecular complexity index is 445. The first-order valence-electron chi connectivity index (χ1n) is 10.2. The van der Waals surface area contributed by atoms with Gasteiger partial charge in [-0.3, -0.25) is 9.89 Å². The monoisotopic (exact) mass is 385 g/mol. The largest absolute Gasteiger partial charge is 0.444 e. The zero-order valence-electron chi connectivity index (χ0n) is 17.8. The highest BCUT2D eigenvalue weighted by Gasteiger charge is 2.19. The molecule has 0 aromatic rings. The number of nitrogens with one attached hydrogen (secondary N) is 3. The van der Waals surface area contributed by atoms with E-state index in [9.17, 15) is 4.79 Å². The molecule has 158 valence electrons. The molecule has 8 nitrogen and oxygen atoms in total. The first-order valence-corrected chi connectivity index (χ1v) is 10.2. The molecule has 3 N–H and O–H groups in total. The van der Waals surface area contributed by atoms with Crippen molar-refractivity contribution in [1.29, 1.82) is 0 Å². The number of rotatable bonds is 9. The fourth-order valence-electron chi connectivity index (χ4n) is 2.73. The summed E-state index contributed by atoms with van der Waals surface area (Å²) in [4.78, 5) is 19.1. The van der Waals surface area contributed by atoms with E-state index in [4.69, 9.17) is 9.47 Å². The normalized spacial score (nSPS) is 17.3. The molecule has 0 aromatic heterocycles. The maximum atomic E-state index is 12.0. The van der Waals surface area contributed by atoms with Gasteiger partial charge in [-0.25, -0.2) is 4.79 Å². The van der Waals surface area contributed by atoms with Gasteiger partial charge in [0.05, 0.1) is 25.8 Å². The Morgan fingerprint density at radius 1 is 1.22 bits per heavy atom. The average molecular weight is 386 g/mol. The van der Waals surface area contributed by atoms with E-state index in [1.807, 2.05) is 27.7 Å². The van der Waals surface area contributed by atoms with Gasteiger partial charge in [0.25, 0.3) is 0 Å². The third-order valence-electron chi connectivity index (χ3n) is 4.00. The number of amides is 1. The van der Waals surface area contributed by atoms with Crippen LogP contribution in [0.15, 0.2) is 4.99 Å². The zero-order valence-corrected chi connectivity index (χ0v) is 17.8. The van der Waals surface area contributed by atoms with Gasteiger partial charge in [0.1, 0.15) is 5.60 Å². The first-order chi connectivity index (χ1) is 12.8. The Kier molecular flexibility index (Phi) is 11.1. The van der Waals surface area contributed by atoms with Crippen molar-refractivity contribution in [2.24, 2.45) is 4.99 Å². The number of ether oxygens (including phenoxy) is 2. The van der Waals surface area contributed by atoms with Crippen LogP contribution in [-0.2, 0) is 9.47 Å². The van der Waals surface area contributed by atoms with Crippen molar-refractivity contribution in [2.75, 3.05) is 52.5 Å². The standard InChI is InChI=1S/C19H39N5O3/c1-6-8-16(23-18(25)27-19(3,4)5)15-22-17(20-7-2)21-9-10-24-11-13-26-14-12-24/h16H,6-15H2,1-5H3,(H,23,25)(H2,20,21,22). The number of hydrogen-bond acceptors (Lipinski definition) is 5. The summed E-state index contributed by atoms with van der Waals surface area (Å²) >= 11 is 0. The summed E-state index contributed by atoms with van der Waals surface area (Å²) in [6.07, 6.45) is 1.44. The van der Waals surface area contributed by atoms with E-state index in [1.54, 1.807) is 0 Å². The van der Waals surface area contributed by atoms with Gasteiger partial charge in [0.15, 0.2) is 5.96 Å². The molecule has 1 aliphatic heterocycles. The van der Waals surface area contributed by atoms with Crippen LogP contribution >= 0.6 is 0 Å². The second-order valence-corrected chi connectivity index (χ2v) is 7.73. The predicted octanol–water partition coefficient (Wildman–Crippen LogP) is 1.57. The molecule has 1 fully saturated rings.